The third-order valence-corrected chi connectivity index (χ3v) is 5.30. The van der Waals surface area contributed by atoms with Gasteiger partial charge in [-0.3, -0.25) is 0 Å². The van der Waals surface area contributed by atoms with E-state index in [2.05, 4.69) is 112 Å². The first-order valence-corrected chi connectivity index (χ1v) is 11.2. The minimum atomic E-state index is 1.03. The first-order valence-electron chi connectivity index (χ1n) is 11.2. The summed E-state index contributed by atoms with van der Waals surface area (Å²) in [6.07, 6.45) is 10.8. The zero-order chi connectivity index (χ0) is 23.0. The molecule has 0 unspecified atom stereocenters. The van der Waals surface area contributed by atoms with Gasteiger partial charge in [-0.1, -0.05) is 18.2 Å². The number of anilines is 7. The van der Waals surface area contributed by atoms with Gasteiger partial charge < -0.3 is 21.3 Å². The Morgan fingerprint density at radius 2 is 0.794 bits per heavy atom. The van der Waals surface area contributed by atoms with Gasteiger partial charge in [0.1, 0.15) is 12.2 Å². The van der Waals surface area contributed by atoms with Crippen LogP contribution in [0.5, 0.6) is 0 Å². The number of para-hydroxylation sites is 1. The molecule has 0 radical (unpaired) electrons. The van der Waals surface area contributed by atoms with Gasteiger partial charge in [0.2, 0.25) is 0 Å². The van der Waals surface area contributed by atoms with Gasteiger partial charge in [-0.15, -0.1) is 0 Å². The number of allylic oxidation sites excluding steroid dienone is 5. The molecule has 34 heavy (non-hydrogen) atoms. The minimum Gasteiger partial charge on any atom is -0.356 e. The summed E-state index contributed by atoms with van der Waals surface area (Å²) in [6.45, 7) is 0. The molecule has 4 heteroatoms. The lowest BCUT2D eigenvalue weighted by molar-refractivity contribution is 1.44. The van der Waals surface area contributed by atoms with E-state index in [9.17, 15) is 0 Å². The van der Waals surface area contributed by atoms with Crippen molar-refractivity contribution in [3.63, 3.8) is 0 Å². The summed E-state index contributed by atoms with van der Waals surface area (Å²) in [6, 6.07) is 35.0. The van der Waals surface area contributed by atoms with Crippen molar-refractivity contribution in [2.45, 2.75) is 0 Å². The zero-order valence-corrected chi connectivity index (χ0v) is 18.6. The second-order valence-electron chi connectivity index (χ2n) is 7.89. The van der Waals surface area contributed by atoms with Crippen LogP contribution < -0.4 is 21.3 Å². The molecule has 4 aromatic rings. The van der Waals surface area contributed by atoms with Crippen LogP contribution >= 0.6 is 0 Å². The van der Waals surface area contributed by atoms with Gasteiger partial charge in [0, 0.05) is 45.9 Å². The lowest BCUT2D eigenvalue weighted by Gasteiger charge is -2.11. The monoisotopic (exact) mass is 441 g/mol. The highest BCUT2D eigenvalue weighted by molar-refractivity contribution is 5.69. The van der Waals surface area contributed by atoms with E-state index in [1.54, 1.807) is 0 Å². The van der Waals surface area contributed by atoms with Gasteiger partial charge in [-0.25, -0.2) is 0 Å². The van der Waals surface area contributed by atoms with E-state index in [-0.39, 0.29) is 0 Å². The lowest BCUT2D eigenvalue weighted by atomic mass is 10.2. The van der Waals surface area contributed by atoms with Gasteiger partial charge in [0.15, 0.2) is 5.70 Å². The van der Waals surface area contributed by atoms with Crippen LogP contribution in [0.25, 0.3) is 0 Å². The molecule has 0 aromatic heterocycles. The third kappa shape index (κ3) is 5.71. The van der Waals surface area contributed by atoms with Crippen molar-refractivity contribution < 1.29 is 0 Å². The van der Waals surface area contributed by atoms with Crippen molar-refractivity contribution >= 4 is 39.8 Å². The molecule has 0 atom stereocenters. The van der Waals surface area contributed by atoms with Crippen molar-refractivity contribution in [2.75, 3.05) is 21.3 Å². The van der Waals surface area contributed by atoms with E-state index in [0.717, 1.165) is 45.5 Å². The molecule has 0 spiro atoms. The molecule has 1 aliphatic rings. The number of rotatable bonds is 8. The Balaban J connectivity index is 1.15. The Morgan fingerprint density at radius 1 is 0.412 bits per heavy atom. The van der Waals surface area contributed by atoms with E-state index in [1.807, 2.05) is 42.5 Å². The van der Waals surface area contributed by atoms with Crippen LogP contribution in [0.2, 0.25) is 0 Å². The smallest absolute Gasteiger partial charge is 0.152 e. The maximum absolute atomic E-state index is 3.45. The predicted octanol–water partition coefficient (Wildman–Crippen LogP) is 8.14. The van der Waals surface area contributed by atoms with Crippen molar-refractivity contribution in [3.05, 3.63) is 139 Å². The molecule has 0 heterocycles. The molecule has 4 N–H and O–H groups in total. The number of benzene rings is 4. The summed E-state index contributed by atoms with van der Waals surface area (Å²) in [5.74, 6) is 0. The van der Waals surface area contributed by atoms with Crippen molar-refractivity contribution in [1.29, 1.82) is 0 Å². The summed E-state index contributed by atoms with van der Waals surface area (Å²) in [4.78, 5) is 0. The normalized spacial score (nSPS) is 11.8. The Kier molecular flexibility index (Phi) is 6.33. The van der Waals surface area contributed by atoms with E-state index in [1.165, 1.54) is 0 Å². The molecular weight excluding hydrogens is 416 g/mol. The largest absolute Gasteiger partial charge is 0.356 e. The third-order valence-electron chi connectivity index (χ3n) is 5.30. The Morgan fingerprint density at radius 3 is 1.18 bits per heavy atom. The molecule has 4 aromatic carbocycles. The summed E-state index contributed by atoms with van der Waals surface area (Å²) in [5.41, 5.74) is 8.37. The molecule has 0 amide bonds. The fourth-order valence-electron chi connectivity index (χ4n) is 3.57. The van der Waals surface area contributed by atoms with Crippen LogP contribution in [0.1, 0.15) is 0 Å². The van der Waals surface area contributed by atoms with Crippen LogP contribution in [0.4, 0.5) is 39.8 Å². The molecule has 1 aliphatic carbocycles. The summed E-state index contributed by atoms with van der Waals surface area (Å²) < 4.78 is 0. The molecule has 0 saturated carbocycles. The minimum absolute atomic E-state index is 1.03. The first-order chi connectivity index (χ1) is 16.8. The topological polar surface area (TPSA) is 48.1 Å². The molecule has 0 fully saturated rings. The van der Waals surface area contributed by atoms with Crippen LogP contribution in [-0.4, -0.2) is 0 Å². The van der Waals surface area contributed by atoms with Crippen LogP contribution in [0.15, 0.2) is 133 Å². The first kappa shape index (κ1) is 21.1. The Bertz CT molecular complexity index is 1300. The second kappa shape index (κ2) is 10.2. The number of hydrogen-bond acceptors (Lipinski definition) is 4. The maximum atomic E-state index is 3.45. The highest BCUT2D eigenvalue weighted by atomic mass is 14.9. The van der Waals surface area contributed by atoms with Gasteiger partial charge in [0.25, 0.3) is 0 Å². The molecule has 0 saturated heterocycles. The molecule has 0 aliphatic heterocycles. The number of hydrogen-bond donors (Lipinski definition) is 4. The second-order valence-corrected chi connectivity index (χ2v) is 7.89. The number of nitrogens with one attached hydrogen (secondary N) is 4. The summed E-state index contributed by atoms with van der Waals surface area (Å²) in [7, 11) is 0. The fraction of sp³-hybridized carbons (Fsp3) is 0. The Hall–Kier alpha value is -4.79. The molecule has 5 rings (SSSR count). The van der Waals surface area contributed by atoms with E-state index in [4.69, 9.17) is 0 Å². The average Bonchev–Trinajstić information content (AvgIpc) is 2.89. The summed E-state index contributed by atoms with van der Waals surface area (Å²) >= 11 is 0. The van der Waals surface area contributed by atoms with E-state index >= 15 is 0 Å². The fourth-order valence-corrected chi connectivity index (χ4v) is 3.57. The van der Waals surface area contributed by atoms with Crippen LogP contribution in [0.3, 0.4) is 0 Å². The molecule has 4 nitrogen and oxygen atoms in total. The van der Waals surface area contributed by atoms with Gasteiger partial charge in [-0.2, -0.15) is 0 Å². The maximum Gasteiger partial charge on any atom is 0.152 e. The predicted molar refractivity (Wildman–Crippen MR) is 144 cm³/mol. The quantitative estimate of drug-likeness (QED) is 0.208. The summed E-state index contributed by atoms with van der Waals surface area (Å²) in [5, 5.41) is 13.7. The van der Waals surface area contributed by atoms with Crippen LogP contribution in [-0.2, 0) is 0 Å². The van der Waals surface area contributed by atoms with E-state index in [0.29, 0.717) is 0 Å². The average molecular weight is 442 g/mol. The van der Waals surface area contributed by atoms with Gasteiger partial charge in [-0.05, 0) is 84.9 Å². The van der Waals surface area contributed by atoms with Crippen molar-refractivity contribution in [2.24, 2.45) is 0 Å². The SMILES string of the molecule is [C+]1=CC=C(Nc2ccc(Nc3ccc(Nc4ccc(Nc5ccccc5)cc4)cc3)cc2)C=C1. The van der Waals surface area contributed by atoms with Gasteiger partial charge >= 0.3 is 0 Å². The standard InChI is InChI=1S/C30H25N4/c1-3-7-23(8-4-1)31-25-11-15-27(16-12-25)33-29-19-21-30(22-20-29)34-28-17-13-26(14-18-28)32-24-9-5-2-6-10-24/h1,3-22,31-34H/q+1. The van der Waals surface area contributed by atoms with Crippen LogP contribution in [0, 0.1) is 6.08 Å². The van der Waals surface area contributed by atoms with Crippen molar-refractivity contribution in [3.8, 4) is 0 Å². The van der Waals surface area contributed by atoms with Crippen molar-refractivity contribution in [1.82, 2.24) is 0 Å². The molecule has 164 valence electrons. The highest BCUT2D eigenvalue weighted by Gasteiger charge is 2.03. The van der Waals surface area contributed by atoms with Gasteiger partial charge in [0.05, 0.1) is 12.2 Å². The molecule has 0 bridgehead atoms. The lowest BCUT2D eigenvalue weighted by Crippen LogP contribution is -1.98. The van der Waals surface area contributed by atoms with E-state index < -0.39 is 0 Å². The Labute approximate surface area is 200 Å². The molecular formula is C30H25N4+. The highest BCUT2D eigenvalue weighted by Crippen LogP contribution is 2.25. The zero-order valence-electron chi connectivity index (χ0n) is 18.6.